The van der Waals surface area contributed by atoms with Gasteiger partial charge in [-0.3, -0.25) is 9.36 Å². The fourth-order valence-corrected chi connectivity index (χ4v) is 3.78. The molecule has 0 aliphatic rings. The summed E-state index contributed by atoms with van der Waals surface area (Å²) in [6.07, 6.45) is 3.43. The van der Waals surface area contributed by atoms with Gasteiger partial charge in [0, 0.05) is 0 Å². The lowest BCUT2D eigenvalue weighted by Crippen LogP contribution is -2.21. The highest BCUT2D eigenvalue weighted by Crippen LogP contribution is 2.24. The molecule has 164 valence electrons. The van der Waals surface area contributed by atoms with Crippen LogP contribution in [0, 0.1) is 6.92 Å². The number of aromatic nitrogens is 5. The minimum Gasteiger partial charge on any atom is -0.497 e. The molecule has 5 aromatic rings. The van der Waals surface area contributed by atoms with Crippen LogP contribution in [0.3, 0.4) is 0 Å². The Morgan fingerprint density at radius 3 is 2.42 bits per heavy atom. The summed E-state index contributed by atoms with van der Waals surface area (Å²) in [6.45, 7) is 3.00. The minimum absolute atomic E-state index is 0.108. The number of fused-ring (bicyclic) bond motifs is 1. The van der Waals surface area contributed by atoms with Gasteiger partial charge in [0.1, 0.15) is 11.4 Å². The lowest BCUT2D eigenvalue weighted by molar-refractivity contribution is 0.415. The zero-order chi connectivity index (χ0) is 22.8. The quantitative estimate of drug-likeness (QED) is 0.400. The zero-order valence-electron chi connectivity index (χ0n) is 18.5. The summed E-state index contributed by atoms with van der Waals surface area (Å²) in [5, 5.41) is 9.02. The Morgan fingerprint density at radius 2 is 1.67 bits per heavy atom. The number of nitrogens with zero attached hydrogens (tertiary/aromatic N) is 5. The lowest BCUT2D eigenvalue weighted by Gasteiger charge is -2.07. The first-order valence-electron chi connectivity index (χ1n) is 10.7. The standard InChI is InChI=1S/C26H23N5O2/c1-18-3-5-19(6-4-18)14-31-16-22(28-29-31)15-30-17-27-25-12-9-21(13-24(25)26(30)32)20-7-10-23(33-2)11-8-20/h3-13,16-17H,14-15H2,1-2H3. The molecule has 33 heavy (non-hydrogen) atoms. The highest BCUT2D eigenvalue weighted by molar-refractivity contribution is 5.83. The SMILES string of the molecule is COc1ccc(-c2ccc3ncn(Cc4cn(Cc5ccc(C)cc5)nn4)c(=O)c3c2)cc1. The van der Waals surface area contributed by atoms with E-state index in [1.807, 2.05) is 48.7 Å². The monoisotopic (exact) mass is 437 g/mol. The van der Waals surface area contributed by atoms with E-state index in [2.05, 4.69) is 46.5 Å². The highest BCUT2D eigenvalue weighted by atomic mass is 16.5. The number of ether oxygens (including phenoxy) is 1. The van der Waals surface area contributed by atoms with Crippen molar-refractivity contribution in [2.24, 2.45) is 0 Å². The van der Waals surface area contributed by atoms with E-state index in [-0.39, 0.29) is 5.56 Å². The summed E-state index contributed by atoms with van der Waals surface area (Å²) in [6, 6.07) is 21.8. The molecule has 2 heterocycles. The lowest BCUT2D eigenvalue weighted by atomic mass is 10.0. The number of benzene rings is 3. The van der Waals surface area contributed by atoms with E-state index in [0.29, 0.717) is 29.7 Å². The minimum atomic E-state index is -0.108. The molecule has 7 heteroatoms. The van der Waals surface area contributed by atoms with E-state index in [9.17, 15) is 4.79 Å². The smallest absolute Gasteiger partial charge is 0.261 e. The summed E-state index contributed by atoms with van der Waals surface area (Å²) in [7, 11) is 1.64. The third-order valence-corrected chi connectivity index (χ3v) is 5.63. The molecule has 0 bridgehead atoms. The van der Waals surface area contributed by atoms with Crippen molar-refractivity contribution in [3.05, 3.63) is 106 Å². The number of rotatable bonds is 6. The van der Waals surface area contributed by atoms with Crippen LogP contribution in [-0.4, -0.2) is 31.7 Å². The van der Waals surface area contributed by atoms with E-state index in [1.54, 1.807) is 22.7 Å². The van der Waals surface area contributed by atoms with Crippen LogP contribution in [0.15, 0.2) is 84.0 Å². The molecule has 0 radical (unpaired) electrons. The van der Waals surface area contributed by atoms with Gasteiger partial charge >= 0.3 is 0 Å². The zero-order valence-corrected chi connectivity index (χ0v) is 18.5. The average Bonchev–Trinajstić information content (AvgIpc) is 3.29. The van der Waals surface area contributed by atoms with Gasteiger partial charge in [-0.05, 0) is 47.9 Å². The van der Waals surface area contributed by atoms with Gasteiger partial charge in [-0.15, -0.1) is 5.10 Å². The van der Waals surface area contributed by atoms with Crippen LogP contribution in [0.5, 0.6) is 5.75 Å². The predicted molar refractivity (Wildman–Crippen MR) is 127 cm³/mol. The maximum absolute atomic E-state index is 13.2. The average molecular weight is 438 g/mol. The van der Waals surface area contributed by atoms with E-state index >= 15 is 0 Å². The summed E-state index contributed by atoms with van der Waals surface area (Å²) in [5.74, 6) is 0.791. The van der Waals surface area contributed by atoms with E-state index in [1.165, 1.54) is 5.56 Å². The van der Waals surface area contributed by atoms with Gasteiger partial charge < -0.3 is 4.74 Å². The molecule has 0 saturated carbocycles. The Bertz CT molecular complexity index is 1470. The molecular formula is C26H23N5O2. The molecule has 5 rings (SSSR count). The molecule has 0 spiro atoms. The Morgan fingerprint density at radius 1 is 0.909 bits per heavy atom. The van der Waals surface area contributed by atoms with Gasteiger partial charge in [0.05, 0.1) is 43.6 Å². The van der Waals surface area contributed by atoms with Crippen molar-refractivity contribution in [1.82, 2.24) is 24.5 Å². The fourth-order valence-electron chi connectivity index (χ4n) is 3.78. The molecule has 2 aromatic heterocycles. The number of hydrogen-bond donors (Lipinski definition) is 0. The summed E-state index contributed by atoms with van der Waals surface area (Å²) >= 11 is 0. The number of methoxy groups -OCH3 is 1. The van der Waals surface area contributed by atoms with Crippen molar-refractivity contribution in [3.63, 3.8) is 0 Å². The van der Waals surface area contributed by atoms with Crippen molar-refractivity contribution >= 4 is 10.9 Å². The summed E-state index contributed by atoms with van der Waals surface area (Å²) in [5.41, 5.74) is 5.58. The molecular weight excluding hydrogens is 414 g/mol. The highest BCUT2D eigenvalue weighted by Gasteiger charge is 2.09. The normalized spacial score (nSPS) is 11.1. The van der Waals surface area contributed by atoms with E-state index < -0.39 is 0 Å². The Hall–Kier alpha value is -4.26. The third-order valence-electron chi connectivity index (χ3n) is 5.63. The molecule has 0 aliphatic carbocycles. The molecule has 0 amide bonds. The molecule has 0 fully saturated rings. The first-order chi connectivity index (χ1) is 16.1. The first-order valence-corrected chi connectivity index (χ1v) is 10.7. The number of hydrogen-bond acceptors (Lipinski definition) is 5. The molecule has 7 nitrogen and oxygen atoms in total. The molecule has 0 saturated heterocycles. The Kier molecular flexibility index (Phi) is 5.44. The van der Waals surface area contributed by atoms with Crippen molar-refractivity contribution < 1.29 is 4.74 Å². The molecule has 0 N–H and O–H groups in total. The molecule has 0 atom stereocenters. The van der Waals surface area contributed by atoms with Crippen LogP contribution < -0.4 is 10.3 Å². The second-order valence-electron chi connectivity index (χ2n) is 8.03. The van der Waals surface area contributed by atoms with Crippen LogP contribution >= 0.6 is 0 Å². The van der Waals surface area contributed by atoms with Crippen LogP contribution in [0.2, 0.25) is 0 Å². The largest absolute Gasteiger partial charge is 0.497 e. The van der Waals surface area contributed by atoms with Crippen molar-refractivity contribution in [2.45, 2.75) is 20.0 Å². The van der Waals surface area contributed by atoms with E-state index in [4.69, 9.17) is 4.74 Å². The summed E-state index contributed by atoms with van der Waals surface area (Å²) in [4.78, 5) is 17.7. The molecule has 0 unspecified atom stereocenters. The van der Waals surface area contributed by atoms with Crippen molar-refractivity contribution in [3.8, 4) is 16.9 Å². The summed E-state index contributed by atoms with van der Waals surface area (Å²) < 4.78 is 8.58. The van der Waals surface area contributed by atoms with Gasteiger partial charge in [0.2, 0.25) is 0 Å². The molecule has 3 aromatic carbocycles. The van der Waals surface area contributed by atoms with Crippen LogP contribution in [0.25, 0.3) is 22.0 Å². The fraction of sp³-hybridized carbons (Fsp3) is 0.154. The van der Waals surface area contributed by atoms with Crippen LogP contribution in [0.4, 0.5) is 0 Å². The Labute approximate surface area is 190 Å². The van der Waals surface area contributed by atoms with Crippen LogP contribution in [-0.2, 0) is 13.1 Å². The second kappa shape index (κ2) is 8.70. The first kappa shape index (κ1) is 20.6. The van der Waals surface area contributed by atoms with Gasteiger partial charge in [0.25, 0.3) is 5.56 Å². The van der Waals surface area contributed by atoms with Gasteiger partial charge in [-0.2, -0.15) is 0 Å². The maximum Gasteiger partial charge on any atom is 0.261 e. The number of aryl methyl sites for hydroxylation is 1. The third kappa shape index (κ3) is 4.39. The van der Waals surface area contributed by atoms with Crippen molar-refractivity contribution in [2.75, 3.05) is 7.11 Å². The maximum atomic E-state index is 13.2. The van der Waals surface area contributed by atoms with Gasteiger partial charge in [-0.25, -0.2) is 9.67 Å². The topological polar surface area (TPSA) is 74.8 Å². The molecule has 0 aliphatic heterocycles. The second-order valence-corrected chi connectivity index (χ2v) is 8.03. The van der Waals surface area contributed by atoms with Gasteiger partial charge in [0.15, 0.2) is 0 Å². The van der Waals surface area contributed by atoms with Crippen LogP contribution in [0.1, 0.15) is 16.8 Å². The Balaban J connectivity index is 1.40. The predicted octanol–water partition coefficient (Wildman–Crippen LogP) is 4.07. The van der Waals surface area contributed by atoms with Crippen molar-refractivity contribution in [1.29, 1.82) is 0 Å². The van der Waals surface area contributed by atoms with Gasteiger partial charge in [-0.1, -0.05) is 53.2 Å². The van der Waals surface area contributed by atoms with E-state index in [0.717, 1.165) is 22.4 Å².